The third-order valence-corrected chi connectivity index (χ3v) is 2.35. The van der Waals surface area contributed by atoms with Gasteiger partial charge in [-0.05, 0) is 30.7 Å². The summed E-state index contributed by atoms with van der Waals surface area (Å²) in [5.41, 5.74) is 0.618. The van der Waals surface area contributed by atoms with Crippen molar-refractivity contribution < 1.29 is 19.7 Å². The molecule has 0 bridgehead atoms. The third kappa shape index (κ3) is 4.42. The first-order chi connectivity index (χ1) is 8.15. The molecule has 1 rings (SSSR count). The van der Waals surface area contributed by atoms with Gasteiger partial charge >= 0.3 is 5.97 Å². The van der Waals surface area contributed by atoms with Gasteiger partial charge in [0, 0.05) is 13.7 Å². The fraction of sp³-hybridized carbons (Fsp3) is 0.417. The first-order valence-corrected chi connectivity index (χ1v) is 5.39. The van der Waals surface area contributed by atoms with Gasteiger partial charge in [0.1, 0.15) is 11.8 Å². The fourth-order valence-corrected chi connectivity index (χ4v) is 1.48. The van der Waals surface area contributed by atoms with Crippen LogP contribution in [0.3, 0.4) is 0 Å². The van der Waals surface area contributed by atoms with Crippen molar-refractivity contribution in [2.24, 2.45) is 0 Å². The van der Waals surface area contributed by atoms with Crippen LogP contribution in [-0.4, -0.2) is 36.4 Å². The van der Waals surface area contributed by atoms with E-state index in [1.165, 1.54) is 12.1 Å². The molecule has 0 aliphatic rings. The van der Waals surface area contributed by atoms with Crippen LogP contribution in [0.4, 0.5) is 0 Å². The van der Waals surface area contributed by atoms with Crippen LogP contribution >= 0.6 is 0 Å². The topological polar surface area (TPSA) is 78.8 Å². The predicted molar refractivity (Wildman–Crippen MR) is 63.0 cm³/mol. The van der Waals surface area contributed by atoms with E-state index in [1.807, 2.05) is 0 Å². The maximum atomic E-state index is 11.1. The highest BCUT2D eigenvalue weighted by molar-refractivity contribution is 5.75. The van der Waals surface area contributed by atoms with Crippen LogP contribution in [0.25, 0.3) is 0 Å². The number of hydrogen-bond donors (Lipinski definition) is 3. The fourth-order valence-electron chi connectivity index (χ4n) is 1.48. The second-order valence-electron chi connectivity index (χ2n) is 3.66. The molecule has 1 unspecified atom stereocenters. The van der Waals surface area contributed by atoms with E-state index >= 15 is 0 Å². The molecule has 94 valence electrons. The van der Waals surface area contributed by atoms with Gasteiger partial charge in [-0.1, -0.05) is 12.1 Å². The lowest BCUT2D eigenvalue weighted by Gasteiger charge is -2.14. The minimum Gasteiger partial charge on any atom is -0.508 e. The van der Waals surface area contributed by atoms with Gasteiger partial charge in [0.05, 0.1) is 0 Å². The number of ether oxygens (including phenoxy) is 1. The van der Waals surface area contributed by atoms with Crippen LogP contribution in [0.5, 0.6) is 5.75 Å². The second-order valence-corrected chi connectivity index (χ2v) is 3.66. The number of nitrogens with one attached hydrogen (secondary N) is 1. The van der Waals surface area contributed by atoms with Gasteiger partial charge in [-0.15, -0.1) is 0 Å². The molecule has 1 aromatic rings. The zero-order valence-corrected chi connectivity index (χ0v) is 9.72. The quantitative estimate of drug-likeness (QED) is 0.622. The molecule has 0 aromatic heterocycles. The number of aliphatic carboxylic acids is 1. The molecule has 0 aliphatic heterocycles. The van der Waals surface area contributed by atoms with Gasteiger partial charge in [-0.25, -0.2) is 0 Å². The smallest absolute Gasteiger partial charge is 0.325 e. The average molecular weight is 239 g/mol. The summed E-state index contributed by atoms with van der Waals surface area (Å²) in [6.07, 6.45) is 0.748. The molecule has 0 heterocycles. The molecule has 1 atom stereocenters. The normalized spacial score (nSPS) is 12.3. The molecular formula is C12H17NO4. The van der Waals surface area contributed by atoms with Crippen LogP contribution in [-0.2, 0) is 9.53 Å². The molecule has 5 nitrogen and oxygen atoms in total. The van der Waals surface area contributed by atoms with Crippen LogP contribution in [0.1, 0.15) is 18.0 Å². The molecule has 0 amide bonds. The van der Waals surface area contributed by atoms with Crippen LogP contribution in [0, 0.1) is 0 Å². The summed E-state index contributed by atoms with van der Waals surface area (Å²) in [6.45, 7) is 1.15. The Morgan fingerprint density at radius 1 is 1.41 bits per heavy atom. The summed E-state index contributed by atoms with van der Waals surface area (Å²) >= 11 is 0. The minimum absolute atomic E-state index is 0.122. The van der Waals surface area contributed by atoms with Gasteiger partial charge in [0.2, 0.25) is 0 Å². The Hall–Kier alpha value is -1.59. The van der Waals surface area contributed by atoms with Crippen LogP contribution in [0.2, 0.25) is 0 Å². The Morgan fingerprint density at radius 2 is 2.06 bits per heavy atom. The number of methoxy groups -OCH3 is 1. The molecule has 0 saturated carbocycles. The summed E-state index contributed by atoms with van der Waals surface area (Å²) in [7, 11) is 1.61. The maximum absolute atomic E-state index is 11.1. The van der Waals surface area contributed by atoms with Gasteiger partial charge < -0.3 is 20.3 Å². The van der Waals surface area contributed by atoms with Crippen molar-refractivity contribution in [3.05, 3.63) is 29.8 Å². The monoisotopic (exact) mass is 239 g/mol. The Morgan fingerprint density at radius 3 is 2.59 bits per heavy atom. The van der Waals surface area contributed by atoms with Gasteiger partial charge in [-0.2, -0.15) is 0 Å². The lowest BCUT2D eigenvalue weighted by atomic mass is 10.1. The molecule has 0 aliphatic carbocycles. The molecule has 5 heteroatoms. The van der Waals surface area contributed by atoms with E-state index in [4.69, 9.17) is 14.9 Å². The average Bonchev–Trinajstić information content (AvgIpc) is 2.30. The number of phenolic OH excluding ortho intramolecular Hbond substituents is 1. The van der Waals surface area contributed by atoms with E-state index in [2.05, 4.69) is 5.32 Å². The minimum atomic E-state index is -0.937. The van der Waals surface area contributed by atoms with Gasteiger partial charge in [-0.3, -0.25) is 4.79 Å². The summed E-state index contributed by atoms with van der Waals surface area (Å²) in [5, 5.41) is 21.2. The highest BCUT2D eigenvalue weighted by atomic mass is 16.5. The van der Waals surface area contributed by atoms with E-state index in [0.717, 1.165) is 6.42 Å². The Kier molecular flexibility index (Phi) is 5.45. The van der Waals surface area contributed by atoms with Crippen molar-refractivity contribution in [1.82, 2.24) is 5.32 Å². The lowest BCUT2D eigenvalue weighted by molar-refractivity contribution is -0.139. The van der Waals surface area contributed by atoms with E-state index in [0.29, 0.717) is 18.7 Å². The number of carbonyl (C=O) groups is 1. The molecule has 1 aromatic carbocycles. The summed E-state index contributed by atoms with van der Waals surface area (Å²) < 4.78 is 4.89. The summed E-state index contributed by atoms with van der Waals surface area (Å²) in [6, 6.07) is 5.38. The van der Waals surface area contributed by atoms with E-state index < -0.39 is 12.0 Å². The van der Waals surface area contributed by atoms with E-state index in [1.54, 1.807) is 19.2 Å². The molecule has 0 radical (unpaired) electrons. The van der Waals surface area contributed by atoms with E-state index in [-0.39, 0.29) is 5.75 Å². The van der Waals surface area contributed by atoms with Crippen molar-refractivity contribution >= 4 is 5.97 Å². The lowest BCUT2D eigenvalue weighted by Crippen LogP contribution is -2.29. The molecule has 0 fully saturated rings. The largest absolute Gasteiger partial charge is 0.508 e. The molecular weight excluding hydrogens is 222 g/mol. The third-order valence-electron chi connectivity index (χ3n) is 2.35. The molecule has 0 spiro atoms. The number of aromatic hydroxyl groups is 1. The Labute approximate surface area is 100 Å². The highest BCUT2D eigenvalue weighted by Crippen LogP contribution is 2.17. The summed E-state index contributed by atoms with van der Waals surface area (Å²) in [4.78, 5) is 11.1. The number of carboxylic acids is 1. The molecule has 3 N–H and O–H groups in total. The maximum Gasteiger partial charge on any atom is 0.325 e. The van der Waals surface area contributed by atoms with E-state index in [9.17, 15) is 4.79 Å². The zero-order chi connectivity index (χ0) is 12.7. The van der Waals surface area contributed by atoms with Crippen LogP contribution in [0.15, 0.2) is 24.3 Å². The van der Waals surface area contributed by atoms with Crippen molar-refractivity contribution in [3.63, 3.8) is 0 Å². The molecule has 0 saturated heterocycles. The SMILES string of the molecule is COCCCNC(C(=O)O)c1ccc(O)cc1. The molecule has 17 heavy (non-hydrogen) atoms. The number of hydrogen-bond acceptors (Lipinski definition) is 4. The highest BCUT2D eigenvalue weighted by Gasteiger charge is 2.18. The predicted octanol–water partition coefficient (Wildman–Crippen LogP) is 1.14. The number of benzene rings is 1. The number of phenols is 1. The number of carboxylic acid groups (broad SMARTS) is 1. The van der Waals surface area contributed by atoms with Crippen molar-refractivity contribution in [2.45, 2.75) is 12.5 Å². The van der Waals surface area contributed by atoms with Crippen molar-refractivity contribution in [2.75, 3.05) is 20.3 Å². The van der Waals surface area contributed by atoms with Crippen LogP contribution < -0.4 is 5.32 Å². The van der Waals surface area contributed by atoms with Crippen molar-refractivity contribution in [1.29, 1.82) is 0 Å². The van der Waals surface area contributed by atoms with Gasteiger partial charge in [0.15, 0.2) is 0 Å². The van der Waals surface area contributed by atoms with Gasteiger partial charge in [0.25, 0.3) is 0 Å². The van der Waals surface area contributed by atoms with Crippen molar-refractivity contribution in [3.8, 4) is 5.75 Å². The zero-order valence-electron chi connectivity index (χ0n) is 9.72. The Balaban J connectivity index is 2.59. The first-order valence-electron chi connectivity index (χ1n) is 5.39. The first kappa shape index (κ1) is 13.5. The summed E-state index contributed by atoms with van der Waals surface area (Å²) in [5.74, 6) is -0.814. The second kappa shape index (κ2) is 6.88. The standard InChI is InChI=1S/C12H17NO4/c1-17-8-2-7-13-11(12(15)16)9-3-5-10(14)6-4-9/h3-6,11,13-14H,2,7-8H2,1H3,(H,15,16). The Bertz CT molecular complexity index is 350. The number of rotatable bonds is 7.